The standard InChI is InChI=1S/C6HClF3N3S/c7-5-12-3(6(8,9)10)2-4(13-5)14-1-11-2/h1H. The minimum atomic E-state index is -4.56. The second-order valence-corrected chi connectivity index (χ2v) is 3.52. The highest BCUT2D eigenvalue weighted by molar-refractivity contribution is 7.16. The van der Waals surface area contributed by atoms with Crippen LogP contribution in [0.1, 0.15) is 5.69 Å². The van der Waals surface area contributed by atoms with Crippen LogP contribution < -0.4 is 0 Å². The normalized spacial score (nSPS) is 12.3. The Morgan fingerprint density at radius 1 is 1.29 bits per heavy atom. The zero-order valence-corrected chi connectivity index (χ0v) is 7.91. The average Bonchev–Trinajstić information content (AvgIpc) is 2.47. The number of nitrogens with zero attached hydrogens (tertiary/aromatic N) is 3. The van der Waals surface area contributed by atoms with Crippen molar-refractivity contribution >= 4 is 33.3 Å². The van der Waals surface area contributed by atoms with Gasteiger partial charge in [0, 0.05) is 0 Å². The highest BCUT2D eigenvalue weighted by atomic mass is 35.5. The van der Waals surface area contributed by atoms with Crippen LogP contribution in [0.15, 0.2) is 5.51 Å². The molecule has 74 valence electrons. The topological polar surface area (TPSA) is 38.7 Å². The van der Waals surface area contributed by atoms with Crippen molar-refractivity contribution in [1.29, 1.82) is 0 Å². The van der Waals surface area contributed by atoms with Gasteiger partial charge in [0.25, 0.3) is 0 Å². The van der Waals surface area contributed by atoms with E-state index in [0.717, 1.165) is 11.3 Å². The van der Waals surface area contributed by atoms with Gasteiger partial charge in [-0.15, -0.1) is 11.3 Å². The Morgan fingerprint density at radius 3 is 2.64 bits per heavy atom. The van der Waals surface area contributed by atoms with Gasteiger partial charge in [-0.3, -0.25) is 0 Å². The van der Waals surface area contributed by atoms with Gasteiger partial charge < -0.3 is 0 Å². The molecule has 0 aliphatic heterocycles. The zero-order chi connectivity index (χ0) is 10.3. The van der Waals surface area contributed by atoms with Crippen molar-refractivity contribution in [1.82, 2.24) is 15.0 Å². The van der Waals surface area contributed by atoms with Crippen molar-refractivity contribution in [2.24, 2.45) is 0 Å². The summed E-state index contributed by atoms with van der Waals surface area (Å²) < 4.78 is 37.2. The molecule has 0 aromatic carbocycles. The SMILES string of the molecule is FC(F)(F)c1nc(Cl)nc2scnc12. The van der Waals surface area contributed by atoms with Crippen LogP contribution in [0.4, 0.5) is 13.2 Å². The van der Waals surface area contributed by atoms with Gasteiger partial charge in [0.05, 0.1) is 5.51 Å². The third-order valence-electron chi connectivity index (χ3n) is 1.44. The van der Waals surface area contributed by atoms with Gasteiger partial charge in [-0.2, -0.15) is 13.2 Å². The van der Waals surface area contributed by atoms with E-state index in [1.807, 2.05) is 0 Å². The van der Waals surface area contributed by atoms with Gasteiger partial charge in [0.15, 0.2) is 5.69 Å². The van der Waals surface area contributed by atoms with Gasteiger partial charge >= 0.3 is 6.18 Å². The molecule has 0 saturated carbocycles. The molecule has 0 fully saturated rings. The van der Waals surface area contributed by atoms with Gasteiger partial charge in [-0.05, 0) is 11.6 Å². The Hall–Kier alpha value is -0.950. The second kappa shape index (κ2) is 3.03. The molecule has 14 heavy (non-hydrogen) atoms. The third-order valence-corrected chi connectivity index (χ3v) is 2.33. The maximum atomic E-state index is 12.4. The Morgan fingerprint density at radius 2 is 2.00 bits per heavy atom. The number of hydrogen-bond donors (Lipinski definition) is 0. The van der Waals surface area contributed by atoms with E-state index in [4.69, 9.17) is 11.6 Å². The summed E-state index contributed by atoms with van der Waals surface area (Å²) in [6.07, 6.45) is -4.56. The largest absolute Gasteiger partial charge is 0.435 e. The molecule has 0 radical (unpaired) electrons. The Balaban J connectivity index is 2.80. The van der Waals surface area contributed by atoms with E-state index in [1.54, 1.807) is 0 Å². The molecule has 2 rings (SSSR count). The minimum Gasteiger partial charge on any atom is -0.241 e. The summed E-state index contributed by atoms with van der Waals surface area (Å²) in [4.78, 5) is 10.4. The lowest BCUT2D eigenvalue weighted by Gasteiger charge is -2.05. The van der Waals surface area contributed by atoms with Crippen molar-refractivity contribution in [3.8, 4) is 0 Å². The Labute approximate surface area is 84.6 Å². The van der Waals surface area contributed by atoms with Crippen LogP contribution in [0.3, 0.4) is 0 Å². The monoisotopic (exact) mass is 239 g/mol. The number of thiazole rings is 1. The van der Waals surface area contributed by atoms with Crippen LogP contribution in [0.5, 0.6) is 0 Å². The summed E-state index contributed by atoms with van der Waals surface area (Å²) in [6, 6.07) is 0. The molecule has 0 bridgehead atoms. The lowest BCUT2D eigenvalue weighted by atomic mass is 10.3. The Kier molecular flexibility index (Phi) is 2.07. The molecule has 0 amide bonds. The first kappa shape index (κ1) is 9.60. The molecule has 0 aliphatic carbocycles. The van der Waals surface area contributed by atoms with Crippen molar-refractivity contribution in [3.63, 3.8) is 0 Å². The van der Waals surface area contributed by atoms with Crippen LogP contribution in [0.25, 0.3) is 10.3 Å². The fourth-order valence-electron chi connectivity index (χ4n) is 0.933. The predicted molar refractivity (Wildman–Crippen MR) is 45.2 cm³/mol. The smallest absolute Gasteiger partial charge is 0.241 e. The molecule has 0 atom stereocenters. The quantitative estimate of drug-likeness (QED) is 0.664. The Bertz CT molecular complexity index is 481. The van der Waals surface area contributed by atoms with Crippen LogP contribution >= 0.6 is 22.9 Å². The van der Waals surface area contributed by atoms with Gasteiger partial charge in [-0.1, -0.05) is 0 Å². The van der Waals surface area contributed by atoms with E-state index in [1.165, 1.54) is 5.51 Å². The summed E-state index contributed by atoms with van der Waals surface area (Å²) in [5, 5.41) is -0.422. The summed E-state index contributed by atoms with van der Waals surface area (Å²) in [6.45, 7) is 0. The number of fused-ring (bicyclic) bond motifs is 1. The predicted octanol–water partition coefficient (Wildman–Crippen LogP) is 2.76. The van der Waals surface area contributed by atoms with Crippen LogP contribution in [-0.2, 0) is 6.18 Å². The lowest BCUT2D eigenvalue weighted by molar-refractivity contribution is -0.139. The minimum absolute atomic E-state index is 0.136. The number of aromatic nitrogens is 3. The van der Waals surface area contributed by atoms with Crippen LogP contribution in [0, 0.1) is 0 Å². The molecule has 2 heterocycles. The van der Waals surface area contributed by atoms with Crippen LogP contribution in [0.2, 0.25) is 5.28 Å². The highest BCUT2D eigenvalue weighted by Crippen LogP contribution is 2.33. The average molecular weight is 240 g/mol. The van der Waals surface area contributed by atoms with Crippen molar-refractivity contribution in [2.45, 2.75) is 6.18 Å². The summed E-state index contributed by atoms with van der Waals surface area (Å²) >= 11 is 6.33. The summed E-state index contributed by atoms with van der Waals surface area (Å²) in [5.74, 6) is 0. The number of alkyl halides is 3. The number of rotatable bonds is 0. The highest BCUT2D eigenvalue weighted by Gasteiger charge is 2.36. The molecule has 0 unspecified atom stereocenters. The zero-order valence-electron chi connectivity index (χ0n) is 6.34. The molecular weight excluding hydrogens is 239 g/mol. The molecule has 0 N–H and O–H groups in total. The van der Waals surface area contributed by atoms with Gasteiger partial charge in [0.2, 0.25) is 5.28 Å². The molecule has 2 aromatic heterocycles. The maximum Gasteiger partial charge on any atom is 0.435 e. The van der Waals surface area contributed by atoms with Crippen LogP contribution in [-0.4, -0.2) is 15.0 Å². The summed E-state index contributed by atoms with van der Waals surface area (Å²) in [5.41, 5.74) is -0.0779. The van der Waals surface area contributed by atoms with Gasteiger partial charge in [0.1, 0.15) is 10.3 Å². The molecular formula is C6HClF3N3S. The van der Waals surface area contributed by atoms with E-state index < -0.39 is 17.2 Å². The molecule has 2 aromatic rings. The van der Waals surface area contributed by atoms with E-state index in [9.17, 15) is 13.2 Å². The number of halogens is 4. The van der Waals surface area contributed by atoms with Crippen molar-refractivity contribution in [2.75, 3.05) is 0 Å². The first-order chi connectivity index (χ1) is 6.48. The molecule has 8 heteroatoms. The second-order valence-electron chi connectivity index (χ2n) is 2.35. The van der Waals surface area contributed by atoms with Gasteiger partial charge in [-0.25, -0.2) is 15.0 Å². The maximum absolute atomic E-state index is 12.4. The van der Waals surface area contributed by atoms with E-state index in [2.05, 4.69) is 15.0 Å². The molecule has 0 aliphatic rings. The first-order valence-corrected chi connectivity index (χ1v) is 4.58. The molecule has 0 saturated heterocycles. The van der Waals surface area contributed by atoms with E-state index in [0.29, 0.717) is 0 Å². The third kappa shape index (κ3) is 1.53. The fourth-order valence-corrected chi connectivity index (χ4v) is 1.81. The number of hydrogen-bond acceptors (Lipinski definition) is 4. The first-order valence-electron chi connectivity index (χ1n) is 3.32. The lowest BCUT2D eigenvalue weighted by Crippen LogP contribution is -2.09. The van der Waals surface area contributed by atoms with E-state index in [-0.39, 0.29) is 10.3 Å². The molecule has 0 spiro atoms. The van der Waals surface area contributed by atoms with Crippen molar-refractivity contribution in [3.05, 3.63) is 16.5 Å². The van der Waals surface area contributed by atoms with Crippen molar-refractivity contribution < 1.29 is 13.2 Å². The fraction of sp³-hybridized carbons (Fsp3) is 0.167. The van der Waals surface area contributed by atoms with E-state index >= 15 is 0 Å². The summed E-state index contributed by atoms with van der Waals surface area (Å²) in [7, 11) is 0. The molecule has 3 nitrogen and oxygen atoms in total.